The van der Waals surface area contributed by atoms with E-state index < -0.39 is 0 Å². The molecule has 0 atom stereocenters. The number of nitrogens with zero attached hydrogens (tertiary/aromatic N) is 1. The number of rotatable bonds is 2. The fraction of sp³-hybridized carbons (Fsp3) is 0.250. The third kappa shape index (κ3) is 1.68. The predicted molar refractivity (Wildman–Crippen MR) is 65.5 cm³/mol. The minimum atomic E-state index is -0.389. The van der Waals surface area contributed by atoms with Crippen molar-refractivity contribution in [1.29, 1.82) is 0 Å². The van der Waals surface area contributed by atoms with Crippen LogP contribution in [0.2, 0.25) is 0 Å². The Kier molecular flexibility index (Phi) is 2.85. The average molecular weight is 235 g/mol. The summed E-state index contributed by atoms with van der Waals surface area (Å²) in [5.41, 5.74) is 5.11. The SMILES string of the molecule is COc1ccc(F)c2nc(C)c(C)c(NN)c12. The number of aromatic nitrogens is 1. The van der Waals surface area contributed by atoms with Crippen LogP contribution in [0.15, 0.2) is 12.1 Å². The van der Waals surface area contributed by atoms with Gasteiger partial charge < -0.3 is 10.2 Å². The number of nitrogens with two attached hydrogens (primary N) is 1. The summed E-state index contributed by atoms with van der Waals surface area (Å²) in [7, 11) is 1.53. The van der Waals surface area contributed by atoms with Crippen molar-refractivity contribution in [2.24, 2.45) is 5.84 Å². The van der Waals surface area contributed by atoms with Gasteiger partial charge in [-0.15, -0.1) is 0 Å². The molecule has 1 aromatic heterocycles. The van der Waals surface area contributed by atoms with Crippen LogP contribution in [0, 0.1) is 19.7 Å². The van der Waals surface area contributed by atoms with Gasteiger partial charge in [0.1, 0.15) is 17.1 Å². The number of nitrogen functional groups attached to an aromatic ring is 1. The Morgan fingerprint density at radius 2 is 2.06 bits per heavy atom. The molecule has 1 aromatic carbocycles. The molecule has 0 amide bonds. The first-order chi connectivity index (χ1) is 8.10. The summed E-state index contributed by atoms with van der Waals surface area (Å²) in [6.07, 6.45) is 0. The van der Waals surface area contributed by atoms with Crippen LogP contribution in [0.4, 0.5) is 10.1 Å². The lowest BCUT2D eigenvalue weighted by Gasteiger charge is -2.14. The molecule has 0 aliphatic carbocycles. The standard InChI is InChI=1S/C12H14FN3O/c1-6-7(2)15-12-8(13)4-5-9(17-3)10(12)11(6)16-14/h4-5H,14H2,1-3H3,(H,15,16). The number of anilines is 1. The third-order valence-corrected chi connectivity index (χ3v) is 2.90. The number of hydrogen-bond acceptors (Lipinski definition) is 4. The number of benzene rings is 1. The highest BCUT2D eigenvalue weighted by atomic mass is 19.1. The molecule has 0 bridgehead atoms. The van der Waals surface area contributed by atoms with Crippen LogP contribution in [0.5, 0.6) is 5.75 Å². The van der Waals surface area contributed by atoms with E-state index in [1.165, 1.54) is 13.2 Å². The second-order valence-corrected chi connectivity index (χ2v) is 3.81. The van der Waals surface area contributed by atoms with Gasteiger partial charge in [0.2, 0.25) is 0 Å². The molecule has 0 aliphatic heterocycles. The van der Waals surface area contributed by atoms with Crippen LogP contribution in [0.25, 0.3) is 10.9 Å². The number of hydrogen-bond donors (Lipinski definition) is 2. The van der Waals surface area contributed by atoms with E-state index in [9.17, 15) is 4.39 Å². The smallest absolute Gasteiger partial charge is 0.149 e. The van der Waals surface area contributed by atoms with Gasteiger partial charge in [0.15, 0.2) is 0 Å². The molecule has 5 heteroatoms. The van der Waals surface area contributed by atoms with E-state index >= 15 is 0 Å². The second kappa shape index (κ2) is 4.18. The third-order valence-electron chi connectivity index (χ3n) is 2.90. The van der Waals surface area contributed by atoms with Gasteiger partial charge in [-0.05, 0) is 31.5 Å². The number of fused-ring (bicyclic) bond motifs is 1. The maximum atomic E-state index is 13.7. The van der Waals surface area contributed by atoms with Gasteiger partial charge in [0.05, 0.1) is 18.2 Å². The second-order valence-electron chi connectivity index (χ2n) is 3.81. The Bertz CT molecular complexity index is 584. The summed E-state index contributed by atoms with van der Waals surface area (Å²) in [4.78, 5) is 4.24. The van der Waals surface area contributed by atoms with Crippen LogP contribution < -0.4 is 16.0 Å². The van der Waals surface area contributed by atoms with E-state index in [2.05, 4.69) is 10.4 Å². The molecule has 17 heavy (non-hydrogen) atoms. The Labute approximate surface area is 98.6 Å². The zero-order chi connectivity index (χ0) is 12.6. The van der Waals surface area contributed by atoms with E-state index in [1.807, 2.05) is 13.8 Å². The lowest BCUT2D eigenvalue weighted by molar-refractivity contribution is 0.419. The molecule has 0 saturated heterocycles. The van der Waals surface area contributed by atoms with Crippen molar-refractivity contribution in [2.45, 2.75) is 13.8 Å². The van der Waals surface area contributed by atoms with Crippen LogP contribution in [0.3, 0.4) is 0 Å². The van der Waals surface area contributed by atoms with Gasteiger partial charge in [-0.3, -0.25) is 5.84 Å². The van der Waals surface area contributed by atoms with E-state index in [0.29, 0.717) is 16.8 Å². The van der Waals surface area contributed by atoms with E-state index in [4.69, 9.17) is 10.6 Å². The monoisotopic (exact) mass is 235 g/mol. The van der Waals surface area contributed by atoms with Gasteiger partial charge in [-0.25, -0.2) is 9.37 Å². The first-order valence-corrected chi connectivity index (χ1v) is 5.20. The molecule has 0 saturated carbocycles. The molecular formula is C12H14FN3O. The highest BCUT2D eigenvalue weighted by Gasteiger charge is 2.15. The van der Waals surface area contributed by atoms with Gasteiger partial charge in [0, 0.05) is 5.69 Å². The quantitative estimate of drug-likeness (QED) is 0.619. The number of hydrazine groups is 1. The molecule has 3 N–H and O–H groups in total. The van der Waals surface area contributed by atoms with Crippen molar-refractivity contribution in [3.63, 3.8) is 0 Å². The molecule has 0 unspecified atom stereocenters. The van der Waals surface area contributed by atoms with Crippen molar-refractivity contribution in [2.75, 3.05) is 12.5 Å². The lowest BCUT2D eigenvalue weighted by Crippen LogP contribution is -2.11. The topological polar surface area (TPSA) is 60.2 Å². The zero-order valence-electron chi connectivity index (χ0n) is 9.97. The Morgan fingerprint density at radius 3 is 2.65 bits per heavy atom. The first kappa shape index (κ1) is 11.6. The molecule has 0 spiro atoms. The molecule has 1 heterocycles. The van der Waals surface area contributed by atoms with Crippen LogP contribution in [0.1, 0.15) is 11.3 Å². The van der Waals surface area contributed by atoms with Crippen molar-refractivity contribution in [1.82, 2.24) is 4.98 Å². The Hall–Kier alpha value is -1.88. The highest BCUT2D eigenvalue weighted by molar-refractivity contribution is 5.98. The highest BCUT2D eigenvalue weighted by Crippen LogP contribution is 2.35. The summed E-state index contributed by atoms with van der Waals surface area (Å²) in [5.74, 6) is 5.66. The zero-order valence-corrected chi connectivity index (χ0v) is 9.97. The molecule has 2 aromatic rings. The van der Waals surface area contributed by atoms with Crippen LogP contribution >= 0.6 is 0 Å². The van der Waals surface area contributed by atoms with Gasteiger partial charge in [-0.1, -0.05) is 0 Å². The van der Waals surface area contributed by atoms with Gasteiger partial charge in [-0.2, -0.15) is 0 Å². The minimum absolute atomic E-state index is 0.264. The largest absolute Gasteiger partial charge is 0.496 e. The van der Waals surface area contributed by atoms with Crippen molar-refractivity contribution in [3.05, 3.63) is 29.2 Å². The van der Waals surface area contributed by atoms with Crippen molar-refractivity contribution in [3.8, 4) is 5.75 Å². The first-order valence-electron chi connectivity index (χ1n) is 5.20. The molecule has 4 nitrogen and oxygen atoms in total. The summed E-state index contributed by atoms with van der Waals surface area (Å²) in [6, 6.07) is 2.90. The summed E-state index contributed by atoms with van der Waals surface area (Å²) in [5, 5.41) is 0.568. The fourth-order valence-corrected chi connectivity index (χ4v) is 1.87. The number of ether oxygens (including phenoxy) is 1. The van der Waals surface area contributed by atoms with Crippen molar-refractivity contribution < 1.29 is 9.13 Å². The Morgan fingerprint density at radius 1 is 1.35 bits per heavy atom. The number of nitrogens with one attached hydrogen (secondary N) is 1. The maximum absolute atomic E-state index is 13.7. The lowest BCUT2D eigenvalue weighted by atomic mass is 10.1. The number of halogens is 1. The van der Waals surface area contributed by atoms with Gasteiger partial charge in [0.25, 0.3) is 0 Å². The normalized spacial score (nSPS) is 10.6. The summed E-state index contributed by atoms with van der Waals surface area (Å²) in [6.45, 7) is 3.69. The Balaban J connectivity index is 2.99. The summed E-state index contributed by atoms with van der Waals surface area (Å²) < 4.78 is 19.0. The van der Waals surface area contributed by atoms with E-state index in [0.717, 1.165) is 11.3 Å². The molecule has 90 valence electrons. The number of pyridine rings is 1. The molecule has 0 fully saturated rings. The van der Waals surface area contributed by atoms with Crippen molar-refractivity contribution >= 4 is 16.6 Å². The van der Waals surface area contributed by atoms with Crippen LogP contribution in [-0.2, 0) is 0 Å². The minimum Gasteiger partial charge on any atom is -0.496 e. The molecule has 2 rings (SSSR count). The maximum Gasteiger partial charge on any atom is 0.149 e. The molecule has 0 aliphatic rings. The average Bonchev–Trinajstić information content (AvgIpc) is 2.33. The molecule has 0 radical (unpaired) electrons. The van der Waals surface area contributed by atoms with Gasteiger partial charge >= 0.3 is 0 Å². The molecular weight excluding hydrogens is 221 g/mol. The fourth-order valence-electron chi connectivity index (χ4n) is 1.87. The van der Waals surface area contributed by atoms with E-state index in [1.54, 1.807) is 6.07 Å². The van der Waals surface area contributed by atoms with Crippen LogP contribution in [-0.4, -0.2) is 12.1 Å². The number of aryl methyl sites for hydroxylation is 1. The summed E-state index contributed by atoms with van der Waals surface area (Å²) >= 11 is 0. The van der Waals surface area contributed by atoms with E-state index in [-0.39, 0.29) is 11.3 Å². The predicted octanol–water partition coefficient (Wildman–Crippen LogP) is 2.28. The number of methoxy groups -OCH3 is 1.